The summed E-state index contributed by atoms with van der Waals surface area (Å²) in [5.74, 6) is -0.579. The summed E-state index contributed by atoms with van der Waals surface area (Å²) >= 11 is 1.24. The monoisotopic (exact) mass is 366 g/mol. The SMILES string of the molecule is NCc1ccccc1-c1ccc(NC(=O)Nc2sccc2C(N)=O)cc1. The summed E-state index contributed by atoms with van der Waals surface area (Å²) in [5, 5.41) is 7.48. The number of carbonyl (C=O) groups excluding carboxylic acids is 2. The fourth-order valence-electron chi connectivity index (χ4n) is 2.58. The Kier molecular flexibility index (Phi) is 5.31. The summed E-state index contributed by atoms with van der Waals surface area (Å²) < 4.78 is 0. The van der Waals surface area contributed by atoms with Crippen molar-refractivity contribution in [2.45, 2.75) is 6.54 Å². The molecule has 1 aromatic heterocycles. The van der Waals surface area contributed by atoms with Crippen LogP contribution in [0.1, 0.15) is 15.9 Å². The zero-order valence-corrected chi connectivity index (χ0v) is 14.7. The van der Waals surface area contributed by atoms with Gasteiger partial charge in [0.05, 0.1) is 5.56 Å². The summed E-state index contributed by atoms with van der Waals surface area (Å²) in [6.07, 6.45) is 0. The second-order valence-electron chi connectivity index (χ2n) is 5.55. The fourth-order valence-corrected chi connectivity index (χ4v) is 3.37. The van der Waals surface area contributed by atoms with Gasteiger partial charge in [-0.3, -0.25) is 10.1 Å². The van der Waals surface area contributed by atoms with Gasteiger partial charge in [0, 0.05) is 12.2 Å². The van der Waals surface area contributed by atoms with Crippen molar-refractivity contribution in [1.82, 2.24) is 0 Å². The van der Waals surface area contributed by atoms with E-state index in [2.05, 4.69) is 10.6 Å². The number of hydrogen-bond donors (Lipinski definition) is 4. The van der Waals surface area contributed by atoms with E-state index in [0.29, 0.717) is 22.8 Å². The van der Waals surface area contributed by atoms with Gasteiger partial charge in [0.1, 0.15) is 5.00 Å². The van der Waals surface area contributed by atoms with Crippen LogP contribution < -0.4 is 22.1 Å². The number of amides is 3. The minimum absolute atomic E-state index is 0.291. The summed E-state index contributed by atoms with van der Waals surface area (Å²) in [5.41, 5.74) is 15.1. The van der Waals surface area contributed by atoms with E-state index in [0.717, 1.165) is 16.7 Å². The maximum absolute atomic E-state index is 12.1. The van der Waals surface area contributed by atoms with Crippen LogP contribution in [0.5, 0.6) is 0 Å². The molecule has 1 heterocycles. The highest BCUT2D eigenvalue weighted by atomic mass is 32.1. The van der Waals surface area contributed by atoms with Gasteiger partial charge in [0.15, 0.2) is 0 Å². The van der Waals surface area contributed by atoms with E-state index in [1.807, 2.05) is 48.5 Å². The highest BCUT2D eigenvalue weighted by Crippen LogP contribution is 2.26. The van der Waals surface area contributed by atoms with Crippen molar-refractivity contribution in [1.29, 1.82) is 0 Å². The fraction of sp³-hybridized carbons (Fsp3) is 0.0526. The number of hydrogen-bond acceptors (Lipinski definition) is 4. The predicted octanol–water partition coefficient (Wildman–Crippen LogP) is 3.62. The van der Waals surface area contributed by atoms with E-state index in [-0.39, 0.29) is 0 Å². The molecule has 0 unspecified atom stereocenters. The van der Waals surface area contributed by atoms with E-state index >= 15 is 0 Å². The van der Waals surface area contributed by atoms with Crippen molar-refractivity contribution in [3.05, 3.63) is 71.1 Å². The van der Waals surface area contributed by atoms with Crippen molar-refractivity contribution in [3.63, 3.8) is 0 Å². The average molecular weight is 366 g/mol. The molecule has 3 rings (SSSR count). The molecule has 0 fully saturated rings. The summed E-state index contributed by atoms with van der Waals surface area (Å²) in [6.45, 7) is 0.460. The lowest BCUT2D eigenvalue weighted by atomic mass is 9.99. The molecule has 0 atom stereocenters. The molecule has 0 aliphatic heterocycles. The smallest absolute Gasteiger partial charge is 0.324 e. The molecule has 0 aliphatic carbocycles. The number of urea groups is 1. The summed E-state index contributed by atoms with van der Waals surface area (Å²) in [4.78, 5) is 23.4. The van der Waals surface area contributed by atoms with E-state index in [1.165, 1.54) is 11.3 Å². The normalized spacial score (nSPS) is 10.3. The van der Waals surface area contributed by atoms with Gasteiger partial charge in [-0.05, 0) is 40.3 Å². The van der Waals surface area contributed by atoms with E-state index in [1.54, 1.807) is 11.4 Å². The van der Waals surface area contributed by atoms with E-state index in [4.69, 9.17) is 11.5 Å². The van der Waals surface area contributed by atoms with E-state index in [9.17, 15) is 9.59 Å². The van der Waals surface area contributed by atoms with Crippen LogP contribution in [0.15, 0.2) is 60.0 Å². The molecule has 0 saturated heterocycles. The Balaban J connectivity index is 1.70. The summed E-state index contributed by atoms with van der Waals surface area (Å²) in [6, 6.07) is 16.5. The van der Waals surface area contributed by atoms with Crippen LogP contribution in [0, 0.1) is 0 Å². The van der Waals surface area contributed by atoms with Gasteiger partial charge in [-0.2, -0.15) is 0 Å². The topological polar surface area (TPSA) is 110 Å². The molecule has 7 heteroatoms. The van der Waals surface area contributed by atoms with Crippen LogP contribution in [0.2, 0.25) is 0 Å². The predicted molar refractivity (Wildman–Crippen MR) is 105 cm³/mol. The first-order valence-corrected chi connectivity index (χ1v) is 8.80. The number of benzene rings is 2. The zero-order valence-electron chi connectivity index (χ0n) is 13.9. The molecule has 3 amide bonds. The van der Waals surface area contributed by atoms with Crippen LogP contribution in [0.4, 0.5) is 15.5 Å². The Morgan fingerprint density at radius 3 is 2.38 bits per heavy atom. The number of rotatable bonds is 5. The Bertz CT molecular complexity index is 935. The third kappa shape index (κ3) is 3.90. The third-order valence-electron chi connectivity index (χ3n) is 3.85. The van der Waals surface area contributed by atoms with Crippen LogP contribution in [-0.4, -0.2) is 11.9 Å². The maximum atomic E-state index is 12.1. The number of thiophene rings is 1. The van der Waals surface area contributed by atoms with Crippen LogP contribution >= 0.6 is 11.3 Å². The van der Waals surface area contributed by atoms with Gasteiger partial charge in [0.2, 0.25) is 0 Å². The van der Waals surface area contributed by atoms with Gasteiger partial charge in [-0.15, -0.1) is 11.3 Å². The van der Waals surface area contributed by atoms with Crippen molar-refractivity contribution >= 4 is 34.0 Å². The first kappa shape index (κ1) is 17.7. The minimum atomic E-state index is -0.579. The van der Waals surface area contributed by atoms with Crippen LogP contribution in [0.3, 0.4) is 0 Å². The molecule has 3 aromatic rings. The second-order valence-corrected chi connectivity index (χ2v) is 6.46. The van der Waals surface area contributed by atoms with Gasteiger partial charge in [0.25, 0.3) is 5.91 Å². The summed E-state index contributed by atoms with van der Waals surface area (Å²) in [7, 11) is 0. The molecule has 6 nitrogen and oxygen atoms in total. The third-order valence-corrected chi connectivity index (χ3v) is 4.68. The quantitative estimate of drug-likeness (QED) is 0.553. The van der Waals surface area contributed by atoms with Crippen molar-refractivity contribution in [2.24, 2.45) is 11.5 Å². The first-order valence-electron chi connectivity index (χ1n) is 7.92. The Morgan fingerprint density at radius 1 is 0.962 bits per heavy atom. The van der Waals surface area contributed by atoms with Gasteiger partial charge < -0.3 is 16.8 Å². The molecule has 26 heavy (non-hydrogen) atoms. The molecule has 0 bridgehead atoms. The molecular formula is C19H18N4O2S. The standard InChI is InChI=1S/C19H18N4O2S/c20-11-13-3-1-2-4-15(13)12-5-7-14(8-6-12)22-19(25)23-18-16(17(21)24)9-10-26-18/h1-10H,11,20H2,(H2,21,24)(H2,22,23,25). The first-order chi connectivity index (χ1) is 12.6. The van der Waals surface area contributed by atoms with Crippen molar-refractivity contribution in [2.75, 3.05) is 10.6 Å². The van der Waals surface area contributed by atoms with Gasteiger partial charge >= 0.3 is 6.03 Å². The lowest BCUT2D eigenvalue weighted by Crippen LogP contribution is -2.21. The molecule has 132 valence electrons. The molecule has 6 N–H and O–H groups in total. The highest BCUT2D eigenvalue weighted by molar-refractivity contribution is 7.14. The number of anilines is 2. The lowest BCUT2D eigenvalue weighted by Gasteiger charge is -2.10. The van der Waals surface area contributed by atoms with Gasteiger partial charge in [-0.25, -0.2) is 4.79 Å². The van der Waals surface area contributed by atoms with Crippen LogP contribution in [0.25, 0.3) is 11.1 Å². The van der Waals surface area contributed by atoms with Gasteiger partial charge in [-0.1, -0.05) is 36.4 Å². The molecule has 2 aromatic carbocycles. The number of nitrogens with one attached hydrogen (secondary N) is 2. The van der Waals surface area contributed by atoms with Crippen molar-refractivity contribution in [3.8, 4) is 11.1 Å². The minimum Gasteiger partial charge on any atom is -0.366 e. The number of primary amides is 1. The zero-order chi connectivity index (χ0) is 18.5. The largest absolute Gasteiger partial charge is 0.366 e. The lowest BCUT2D eigenvalue weighted by molar-refractivity contribution is 0.100. The van der Waals surface area contributed by atoms with Crippen LogP contribution in [-0.2, 0) is 6.54 Å². The number of carbonyl (C=O) groups is 2. The average Bonchev–Trinajstić information content (AvgIpc) is 3.10. The molecule has 0 spiro atoms. The molecular weight excluding hydrogens is 348 g/mol. The molecule has 0 radical (unpaired) electrons. The Hall–Kier alpha value is -3.16. The molecule has 0 saturated carbocycles. The molecule has 0 aliphatic rings. The maximum Gasteiger partial charge on any atom is 0.324 e. The Morgan fingerprint density at radius 2 is 1.69 bits per heavy atom. The second kappa shape index (κ2) is 7.81. The Labute approximate surface area is 154 Å². The van der Waals surface area contributed by atoms with E-state index < -0.39 is 11.9 Å². The highest BCUT2D eigenvalue weighted by Gasteiger charge is 2.12. The number of nitrogens with two attached hydrogens (primary N) is 2. The van der Waals surface area contributed by atoms with Crippen molar-refractivity contribution < 1.29 is 9.59 Å².